The van der Waals surface area contributed by atoms with Crippen LogP contribution in [0.5, 0.6) is 0 Å². The summed E-state index contributed by atoms with van der Waals surface area (Å²) in [6.45, 7) is 4.12. The van der Waals surface area contributed by atoms with Crippen LogP contribution in [0.25, 0.3) is 10.2 Å². The number of carbonyl (C=O) groups is 1. The van der Waals surface area contributed by atoms with Crippen LogP contribution in [-0.4, -0.2) is 31.1 Å². The average Bonchev–Trinajstić information content (AvgIpc) is 3.00. The van der Waals surface area contributed by atoms with Crippen molar-refractivity contribution in [1.82, 2.24) is 10.3 Å². The van der Waals surface area contributed by atoms with Gasteiger partial charge in [-0.3, -0.25) is 9.59 Å². The van der Waals surface area contributed by atoms with E-state index in [2.05, 4.69) is 24.1 Å². The van der Waals surface area contributed by atoms with Gasteiger partial charge < -0.3 is 10.3 Å². The number of pyridine rings is 1. The molecule has 1 atom stereocenters. The van der Waals surface area contributed by atoms with Crippen molar-refractivity contribution in [2.24, 2.45) is 0 Å². The van der Waals surface area contributed by atoms with E-state index in [4.69, 9.17) is 0 Å². The van der Waals surface area contributed by atoms with Gasteiger partial charge in [0.1, 0.15) is 5.56 Å². The summed E-state index contributed by atoms with van der Waals surface area (Å²) in [5.41, 5.74) is 0.226. The zero-order valence-electron chi connectivity index (χ0n) is 12.6. The number of fused-ring (bicyclic) bond motifs is 1. The van der Waals surface area contributed by atoms with Crippen LogP contribution in [0.15, 0.2) is 28.4 Å². The normalized spacial score (nSPS) is 19.5. The summed E-state index contributed by atoms with van der Waals surface area (Å²) in [6.07, 6.45) is 1.42. The van der Waals surface area contributed by atoms with Crippen LogP contribution in [0.3, 0.4) is 0 Å². The van der Waals surface area contributed by atoms with Gasteiger partial charge in [-0.25, -0.2) is 8.42 Å². The molecule has 1 unspecified atom stereocenters. The second-order valence-corrected chi connectivity index (χ2v) is 8.88. The number of rotatable bonds is 3. The van der Waals surface area contributed by atoms with Crippen molar-refractivity contribution in [2.75, 3.05) is 5.75 Å². The van der Waals surface area contributed by atoms with Crippen molar-refractivity contribution in [1.29, 1.82) is 0 Å². The molecule has 1 aliphatic heterocycles. The second-order valence-electron chi connectivity index (χ2n) is 5.83. The first-order valence-corrected chi connectivity index (χ1v) is 9.67. The molecule has 0 radical (unpaired) electrons. The number of hydrogen-bond acceptors (Lipinski definition) is 5. The summed E-state index contributed by atoms with van der Waals surface area (Å²) in [4.78, 5) is 28.2. The molecular formula is C15H16N2O4S2. The number of aromatic nitrogens is 1. The van der Waals surface area contributed by atoms with Crippen LogP contribution >= 0.6 is 11.3 Å². The molecule has 3 heterocycles. The first-order valence-electron chi connectivity index (χ1n) is 7.14. The van der Waals surface area contributed by atoms with Crippen LogP contribution in [0, 0.1) is 0 Å². The van der Waals surface area contributed by atoms with Gasteiger partial charge in [0.25, 0.3) is 11.5 Å². The lowest BCUT2D eigenvalue weighted by atomic mass is 10.2. The molecule has 2 aromatic heterocycles. The van der Waals surface area contributed by atoms with Gasteiger partial charge >= 0.3 is 0 Å². The number of thiophene rings is 1. The fourth-order valence-corrected chi connectivity index (χ4v) is 4.68. The number of aromatic amines is 1. The van der Waals surface area contributed by atoms with Gasteiger partial charge in [0.15, 0.2) is 9.84 Å². The fraction of sp³-hybridized carbons (Fsp3) is 0.333. The van der Waals surface area contributed by atoms with Gasteiger partial charge in [-0.05, 0) is 24.1 Å². The highest BCUT2D eigenvalue weighted by molar-refractivity contribution is 7.94. The van der Waals surface area contributed by atoms with E-state index < -0.39 is 27.3 Å². The van der Waals surface area contributed by atoms with Gasteiger partial charge in [0, 0.05) is 10.3 Å². The number of amides is 1. The van der Waals surface area contributed by atoms with Gasteiger partial charge in [-0.1, -0.05) is 13.8 Å². The summed E-state index contributed by atoms with van der Waals surface area (Å²) in [5.74, 6) is -0.406. The molecule has 1 aliphatic rings. The Kier molecular flexibility index (Phi) is 3.89. The number of hydrogen-bond donors (Lipinski definition) is 2. The van der Waals surface area contributed by atoms with Crippen LogP contribution in [0.4, 0.5) is 0 Å². The van der Waals surface area contributed by atoms with Crippen molar-refractivity contribution in [3.05, 3.63) is 44.4 Å². The van der Waals surface area contributed by atoms with Gasteiger partial charge in [0.05, 0.1) is 22.0 Å². The Labute approximate surface area is 137 Å². The van der Waals surface area contributed by atoms with E-state index in [1.807, 2.05) is 6.07 Å². The highest BCUT2D eigenvalue weighted by atomic mass is 32.2. The maximum atomic E-state index is 12.3. The smallest absolute Gasteiger partial charge is 0.261 e. The lowest BCUT2D eigenvalue weighted by molar-refractivity contribution is 0.0946. The Morgan fingerprint density at radius 3 is 2.74 bits per heavy atom. The number of H-pyrrole nitrogens is 1. The summed E-state index contributed by atoms with van der Waals surface area (Å²) >= 11 is 1.53. The van der Waals surface area contributed by atoms with Gasteiger partial charge in [-0.2, -0.15) is 0 Å². The zero-order valence-corrected chi connectivity index (χ0v) is 14.3. The Hall–Kier alpha value is -1.93. The number of carbonyl (C=O) groups excluding carboxylic acids is 1. The van der Waals surface area contributed by atoms with Gasteiger partial charge in [-0.15, -0.1) is 11.3 Å². The van der Waals surface area contributed by atoms with E-state index in [1.54, 1.807) is 6.07 Å². The molecule has 2 N–H and O–H groups in total. The zero-order chi connectivity index (χ0) is 16.8. The van der Waals surface area contributed by atoms with Crippen molar-refractivity contribution in [2.45, 2.75) is 25.8 Å². The third-order valence-corrected chi connectivity index (χ3v) is 6.39. The van der Waals surface area contributed by atoms with Crippen molar-refractivity contribution >= 4 is 37.3 Å². The molecule has 0 aliphatic carbocycles. The standard InChI is InChI=1S/C15H16N2O4S2/c1-8(2)12-6-11-13(22-12)5-10(15(19)17-11)14(18)16-9-3-4-23(20,21)7-9/h3-6,8-9H,7H2,1-2H3,(H,16,18)(H,17,19). The minimum atomic E-state index is -3.25. The quantitative estimate of drug-likeness (QED) is 0.880. The molecule has 0 saturated carbocycles. The van der Waals surface area contributed by atoms with Crippen molar-refractivity contribution in [3.63, 3.8) is 0 Å². The molecule has 0 fully saturated rings. The summed E-state index contributed by atoms with van der Waals surface area (Å²) in [6, 6.07) is 2.88. The third-order valence-electron chi connectivity index (χ3n) is 3.61. The highest BCUT2D eigenvalue weighted by Gasteiger charge is 2.24. The summed E-state index contributed by atoms with van der Waals surface area (Å²) in [7, 11) is -3.25. The first-order chi connectivity index (χ1) is 10.7. The Morgan fingerprint density at radius 1 is 1.39 bits per heavy atom. The van der Waals surface area contributed by atoms with Crippen LogP contribution in [-0.2, 0) is 9.84 Å². The van der Waals surface area contributed by atoms with Crippen LogP contribution in [0.1, 0.15) is 35.0 Å². The monoisotopic (exact) mass is 352 g/mol. The molecule has 2 aromatic rings. The molecule has 0 saturated heterocycles. The molecule has 6 nitrogen and oxygen atoms in total. The SMILES string of the molecule is CC(C)c1cc2[nH]c(=O)c(C(=O)NC3C=CS(=O)(=O)C3)cc2s1. The maximum absolute atomic E-state index is 12.3. The Bertz CT molecular complexity index is 967. The lowest BCUT2D eigenvalue weighted by Crippen LogP contribution is -2.38. The molecular weight excluding hydrogens is 336 g/mol. The van der Waals surface area contributed by atoms with E-state index in [-0.39, 0.29) is 11.3 Å². The average molecular weight is 352 g/mol. The fourth-order valence-electron chi connectivity index (χ4n) is 2.38. The van der Waals surface area contributed by atoms with E-state index in [0.717, 1.165) is 15.0 Å². The van der Waals surface area contributed by atoms with E-state index in [9.17, 15) is 18.0 Å². The topological polar surface area (TPSA) is 96.1 Å². The third kappa shape index (κ3) is 3.23. The van der Waals surface area contributed by atoms with E-state index in [1.165, 1.54) is 17.4 Å². The number of nitrogens with one attached hydrogen (secondary N) is 2. The summed E-state index contributed by atoms with van der Waals surface area (Å²) in [5, 5.41) is 3.65. The van der Waals surface area contributed by atoms with Gasteiger partial charge in [0.2, 0.25) is 0 Å². The molecule has 0 spiro atoms. The number of sulfone groups is 1. The van der Waals surface area contributed by atoms with Crippen molar-refractivity contribution < 1.29 is 13.2 Å². The highest BCUT2D eigenvalue weighted by Crippen LogP contribution is 2.29. The van der Waals surface area contributed by atoms with Crippen LogP contribution in [0.2, 0.25) is 0 Å². The Morgan fingerprint density at radius 2 is 2.13 bits per heavy atom. The molecule has 122 valence electrons. The minimum absolute atomic E-state index is 0.00708. The molecule has 1 amide bonds. The second kappa shape index (κ2) is 5.61. The predicted octanol–water partition coefficient (Wildman–Crippen LogP) is 1.75. The Balaban J connectivity index is 1.90. The minimum Gasteiger partial charge on any atom is -0.345 e. The molecule has 3 rings (SSSR count). The largest absolute Gasteiger partial charge is 0.345 e. The lowest BCUT2D eigenvalue weighted by Gasteiger charge is -2.09. The summed E-state index contributed by atoms with van der Waals surface area (Å²) < 4.78 is 23.6. The maximum Gasteiger partial charge on any atom is 0.261 e. The molecule has 0 aromatic carbocycles. The van der Waals surface area contributed by atoms with Crippen LogP contribution < -0.4 is 10.9 Å². The van der Waals surface area contributed by atoms with E-state index in [0.29, 0.717) is 11.4 Å². The van der Waals surface area contributed by atoms with Crippen molar-refractivity contribution in [3.8, 4) is 0 Å². The first kappa shape index (κ1) is 15.9. The predicted molar refractivity (Wildman–Crippen MR) is 90.7 cm³/mol. The molecule has 0 bridgehead atoms. The molecule has 8 heteroatoms. The van der Waals surface area contributed by atoms with E-state index >= 15 is 0 Å². The molecule has 23 heavy (non-hydrogen) atoms.